The van der Waals surface area contributed by atoms with Crippen LogP contribution in [0.5, 0.6) is 5.75 Å². The molecule has 0 atom stereocenters. The van der Waals surface area contributed by atoms with E-state index in [4.69, 9.17) is 4.74 Å². The second kappa shape index (κ2) is 8.68. The summed E-state index contributed by atoms with van der Waals surface area (Å²) in [5.74, 6) is 0.900. The number of anilines is 1. The van der Waals surface area contributed by atoms with E-state index in [1.54, 1.807) is 16.7 Å². The molecule has 0 spiro atoms. The highest BCUT2D eigenvalue weighted by atomic mass is 32.2. The van der Waals surface area contributed by atoms with Crippen LogP contribution in [-0.2, 0) is 4.79 Å². The molecule has 0 saturated heterocycles. The third-order valence-corrected chi connectivity index (χ3v) is 4.92. The van der Waals surface area contributed by atoms with E-state index < -0.39 is 0 Å². The molecular weight excluding hydrogens is 362 g/mol. The highest BCUT2D eigenvalue weighted by molar-refractivity contribution is 7.99. The van der Waals surface area contributed by atoms with Crippen LogP contribution in [0, 0.1) is 6.92 Å². The highest BCUT2D eigenvalue weighted by Gasteiger charge is 2.18. The van der Waals surface area contributed by atoms with Gasteiger partial charge in [0.15, 0.2) is 0 Å². The van der Waals surface area contributed by atoms with Crippen LogP contribution in [0.3, 0.4) is 0 Å². The molecular formula is C19H21N5O2S. The van der Waals surface area contributed by atoms with Gasteiger partial charge in [-0.1, -0.05) is 36.0 Å². The fourth-order valence-corrected chi connectivity index (χ4v) is 3.46. The van der Waals surface area contributed by atoms with Crippen molar-refractivity contribution in [1.29, 1.82) is 0 Å². The third kappa shape index (κ3) is 4.28. The molecule has 1 aromatic heterocycles. The van der Waals surface area contributed by atoms with Gasteiger partial charge >= 0.3 is 0 Å². The summed E-state index contributed by atoms with van der Waals surface area (Å²) >= 11 is 1.30. The largest absolute Gasteiger partial charge is 0.494 e. The Morgan fingerprint density at radius 3 is 2.70 bits per heavy atom. The lowest BCUT2D eigenvalue weighted by Gasteiger charge is -2.20. The predicted molar refractivity (Wildman–Crippen MR) is 106 cm³/mol. The number of carbonyl (C=O) groups is 1. The number of para-hydroxylation sites is 1. The molecule has 7 nitrogen and oxygen atoms in total. The van der Waals surface area contributed by atoms with Gasteiger partial charge in [0.05, 0.1) is 12.9 Å². The number of amides is 1. The van der Waals surface area contributed by atoms with E-state index in [-0.39, 0.29) is 11.7 Å². The zero-order valence-electron chi connectivity index (χ0n) is 15.5. The first-order chi connectivity index (χ1) is 13.1. The summed E-state index contributed by atoms with van der Waals surface area (Å²) in [5.41, 5.74) is 2.69. The van der Waals surface area contributed by atoms with Gasteiger partial charge in [0.2, 0.25) is 11.1 Å². The van der Waals surface area contributed by atoms with Crippen LogP contribution >= 0.6 is 11.8 Å². The number of ether oxygens (including phenoxy) is 1. The fourth-order valence-electron chi connectivity index (χ4n) is 2.70. The van der Waals surface area contributed by atoms with Crippen LogP contribution in [0.4, 0.5) is 5.69 Å². The van der Waals surface area contributed by atoms with E-state index >= 15 is 0 Å². The molecule has 27 heavy (non-hydrogen) atoms. The van der Waals surface area contributed by atoms with Crippen LogP contribution in [0.15, 0.2) is 53.7 Å². The van der Waals surface area contributed by atoms with Gasteiger partial charge < -0.3 is 9.64 Å². The summed E-state index contributed by atoms with van der Waals surface area (Å²) in [6, 6.07) is 15.4. The lowest BCUT2D eigenvalue weighted by Crippen LogP contribution is -2.32. The van der Waals surface area contributed by atoms with Crippen molar-refractivity contribution in [3.05, 3.63) is 54.1 Å². The van der Waals surface area contributed by atoms with Crippen LogP contribution in [-0.4, -0.2) is 45.5 Å². The molecule has 0 fully saturated rings. The molecule has 0 radical (unpaired) electrons. The maximum absolute atomic E-state index is 12.7. The lowest BCUT2D eigenvalue weighted by molar-refractivity contribution is -0.116. The molecule has 0 saturated carbocycles. The molecule has 0 aliphatic rings. The minimum Gasteiger partial charge on any atom is -0.494 e. The van der Waals surface area contributed by atoms with E-state index in [9.17, 15) is 4.79 Å². The second-order valence-corrected chi connectivity index (χ2v) is 6.75. The molecule has 0 N–H and O–H groups in total. The molecule has 1 amide bonds. The van der Waals surface area contributed by atoms with Crippen molar-refractivity contribution in [2.75, 3.05) is 24.3 Å². The average molecular weight is 383 g/mol. The van der Waals surface area contributed by atoms with Crippen molar-refractivity contribution in [2.24, 2.45) is 0 Å². The summed E-state index contributed by atoms with van der Waals surface area (Å²) in [7, 11) is 1.61. The van der Waals surface area contributed by atoms with Gasteiger partial charge in [-0.15, -0.1) is 5.10 Å². The quantitative estimate of drug-likeness (QED) is 0.584. The van der Waals surface area contributed by atoms with E-state index in [2.05, 4.69) is 15.5 Å². The van der Waals surface area contributed by atoms with Crippen molar-refractivity contribution in [1.82, 2.24) is 20.2 Å². The van der Waals surface area contributed by atoms with Crippen LogP contribution in [0.2, 0.25) is 0 Å². The van der Waals surface area contributed by atoms with E-state index in [1.807, 2.05) is 62.4 Å². The Morgan fingerprint density at radius 2 is 2.00 bits per heavy atom. The lowest BCUT2D eigenvalue weighted by atomic mass is 10.2. The molecule has 0 bridgehead atoms. The standard InChI is InChI=1S/C19H21N5O2S/c1-4-23(15-8-6-5-7-9-15)18(25)13-27-19-20-21-22-24(19)16-12-14(2)10-11-17(16)26-3/h5-12H,4,13H2,1-3H3. The van der Waals surface area contributed by atoms with Crippen LogP contribution in [0.25, 0.3) is 5.69 Å². The Kier molecular flexibility index (Phi) is 6.08. The van der Waals surface area contributed by atoms with E-state index in [0.717, 1.165) is 16.9 Å². The van der Waals surface area contributed by atoms with Crippen LogP contribution < -0.4 is 9.64 Å². The molecule has 2 aromatic carbocycles. The number of hydrogen-bond donors (Lipinski definition) is 0. The van der Waals surface area contributed by atoms with E-state index in [0.29, 0.717) is 17.5 Å². The van der Waals surface area contributed by atoms with Gasteiger partial charge in [-0.2, -0.15) is 4.68 Å². The molecule has 140 valence electrons. The number of tetrazole rings is 1. The Labute approximate surface area is 162 Å². The average Bonchev–Trinajstić information content (AvgIpc) is 3.16. The van der Waals surface area contributed by atoms with Gasteiger partial charge in [0, 0.05) is 12.2 Å². The highest BCUT2D eigenvalue weighted by Crippen LogP contribution is 2.27. The molecule has 8 heteroatoms. The third-order valence-electron chi connectivity index (χ3n) is 4.01. The number of hydrogen-bond acceptors (Lipinski definition) is 6. The SMILES string of the molecule is CCN(C(=O)CSc1nnnn1-c1cc(C)ccc1OC)c1ccccc1. The normalized spacial score (nSPS) is 10.6. The van der Waals surface area contributed by atoms with E-state index in [1.165, 1.54) is 11.8 Å². The zero-order valence-corrected chi connectivity index (χ0v) is 16.3. The topological polar surface area (TPSA) is 73.1 Å². The summed E-state index contributed by atoms with van der Waals surface area (Å²) in [6.45, 7) is 4.54. The summed E-state index contributed by atoms with van der Waals surface area (Å²) in [6.07, 6.45) is 0. The van der Waals surface area contributed by atoms with Gasteiger partial charge in [-0.3, -0.25) is 4.79 Å². The number of aryl methyl sites for hydroxylation is 1. The molecule has 1 heterocycles. The van der Waals surface area contributed by atoms with Crippen molar-refractivity contribution in [3.63, 3.8) is 0 Å². The van der Waals surface area contributed by atoms with Crippen molar-refractivity contribution < 1.29 is 9.53 Å². The van der Waals surface area contributed by atoms with Gasteiger partial charge in [0.1, 0.15) is 11.4 Å². The maximum Gasteiger partial charge on any atom is 0.237 e. The number of methoxy groups -OCH3 is 1. The number of rotatable bonds is 7. The number of nitrogens with zero attached hydrogens (tertiary/aromatic N) is 5. The molecule has 3 aromatic rings. The minimum atomic E-state index is -0.000503. The van der Waals surface area contributed by atoms with Crippen molar-refractivity contribution >= 4 is 23.4 Å². The minimum absolute atomic E-state index is 0.000503. The molecule has 3 rings (SSSR count). The number of thioether (sulfide) groups is 1. The fraction of sp³-hybridized carbons (Fsp3) is 0.263. The van der Waals surface area contributed by atoms with Crippen LogP contribution in [0.1, 0.15) is 12.5 Å². The van der Waals surface area contributed by atoms with Gasteiger partial charge in [0.25, 0.3) is 0 Å². The number of benzene rings is 2. The zero-order chi connectivity index (χ0) is 19.2. The summed E-state index contributed by atoms with van der Waals surface area (Å²) in [5, 5.41) is 12.4. The predicted octanol–water partition coefficient (Wildman–Crippen LogP) is 3.12. The van der Waals surface area contributed by atoms with Crippen molar-refractivity contribution in [3.8, 4) is 11.4 Å². The van der Waals surface area contributed by atoms with Crippen molar-refractivity contribution in [2.45, 2.75) is 19.0 Å². The number of carbonyl (C=O) groups excluding carboxylic acids is 1. The Morgan fingerprint density at radius 1 is 1.22 bits per heavy atom. The smallest absolute Gasteiger partial charge is 0.237 e. The molecule has 0 unspecified atom stereocenters. The van der Waals surface area contributed by atoms with Gasteiger partial charge in [-0.05, 0) is 54.1 Å². The number of aromatic nitrogens is 4. The van der Waals surface area contributed by atoms with Gasteiger partial charge in [-0.25, -0.2) is 0 Å². The first-order valence-corrected chi connectivity index (χ1v) is 9.54. The molecule has 0 aliphatic carbocycles. The second-order valence-electron chi connectivity index (χ2n) is 5.81. The maximum atomic E-state index is 12.7. The first-order valence-electron chi connectivity index (χ1n) is 8.55. The first kappa shape index (κ1) is 18.9. The Bertz CT molecular complexity index is 913. The molecule has 0 aliphatic heterocycles. The Balaban J connectivity index is 1.78. The Hall–Kier alpha value is -2.87. The summed E-state index contributed by atoms with van der Waals surface area (Å²) < 4.78 is 7.02. The summed E-state index contributed by atoms with van der Waals surface area (Å²) in [4.78, 5) is 14.4. The monoisotopic (exact) mass is 383 g/mol.